The number of carboxylic acid groups (broad SMARTS) is 1. The van der Waals surface area contributed by atoms with Crippen LogP contribution < -0.4 is 0 Å². The number of rotatable bonds is 6. The Morgan fingerprint density at radius 1 is 1.47 bits per heavy atom. The highest BCUT2D eigenvalue weighted by molar-refractivity contribution is 7.99. The van der Waals surface area contributed by atoms with Crippen molar-refractivity contribution < 1.29 is 14.6 Å². The van der Waals surface area contributed by atoms with Gasteiger partial charge in [-0.15, -0.1) is 0 Å². The smallest absolute Gasteiger partial charge is 0.333 e. The van der Waals surface area contributed by atoms with Crippen LogP contribution in [0.5, 0.6) is 0 Å². The first-order chi connectivity index (χ1) is 7.24. The molecule has 1 N–H and O–H groups in total. The third-order valence-electron chi connectivity index (χ3n) is 2.68. The van der Waals surface area contributed by atoms with Gasteiger partial charge in [-0.3, -0.25) is 0 Å². The molecule has 0 radical (unpaired) electrons. The van der Waals surface area contributed by atoms with Crippen LogP contribution in [0.2, 0.25) is 0 Å². The zero-order valence-corrected chi connectivity index (χ0v) is 10.1. The Morgan fingerprint density at radius 3 is 2.67 bits per heavy atom. The van der Waals surface area contributed by atoms with Crippen LogP contribution in [-0.4, -0.2) is 34.8 Å². The van der Waals surface area contributed by atoms with Gasteiger partial charge < -0.3 is 9.84 Å². The molecule has 0 bridgehead atoms. The van der Waals surface area contributed by atoms with Gasteiger partial charge in [0.1, 0.15) is 0 Å². The average Bonchev–Trinajstić information content (AvgIpc) is 2.25. The summed E-state index contributed by atoms with van der Waals surface area (Å²) in [5.74, 6) is -0.242. The SMILES string of the molecule is CCOC(CSC1CCCCC1)C(=O)O. The van der Waals surface area contributed by atoms with Crippen molar-refractivity contribution in [2.45, 2.75) is 50.4 Å². The van der Waals surface area contributed by atoms with Gasteiger partial charge in [-0.05, 0) is 19.8 Å². The summed E-state index contributed by atoms with van der Waals surface area (Å²) in [7, 11) is 0. The highest BCUT2D eigenvalue weighted by atomic mass is 32.2. The van der Waals surface area contributed by atoms with E-state index in [2.05, 4.69) is 0 Å². The van der Waals surface area contributed by atoms with Crippen molar-refractivity contribution in [1.82, 2.24) is 0 Å². The summed E-state index contributed by atoms with van der Waals surface area (Å²) < 4.78 is 5.17. The number of ether oxygens (including phenoxy) is 1. The summed E-state index contributed by atoms with van der Waals surface area (Å²) in [5.41, 5.74) is 0. The lowest BCUT2D eigenvalue weighted by atomic mass is 10.0. The molecule has 15 heavy (non-hydrogen) atoms. The van der Waals surface area contributed by atoms with Gasteiger partial charge in [0, 0.05) is 17.6 Å². The highest BCUT2D eigenvalue weighted by Gasteiger charge is 2.21. The first-order valence-electron chi connectivity index (χ1n) is 5.70. The normalized spacial score (nSPS) is 20.1. The summed E-state index contributed by atoms with van der Waals surface area (Å²) in [6.45, 7) is 2.31. The Hall–Kier alpha value is -0.220. The molecular weight excluding hydrogens is 212 g/mol. The maximum absolute atomic E-state index is 10.8. The van der Waals surface area contributed by atoms with Crippen molar-refractivity contribution in [2.24, 2.45) is 0 Å². The Labute approximate surface area is 95.6 Å². The van der Waals surface area contributed by atoms with Crippen molar-refractivity contribution in [3.05, 3.63) is 0 Å². The Balaban J connectivity index is 2.22. The number of hydrogen-bond donors (Lipinski definition) is 1. The van der Waals surface area contributed by atoms with Gasteiger partial charge in [-0.1, -0.05) is 19.3 Å². The lowest BCUT2D eigenvalue weighted by Crippen LogP contribution is -2.27. The zero-order valence-electron chi connectivity index (χ0n) is 9.28. The van der Waals surface area contributed by atoms with Gasteiger partial charge in [-0.2, -0.15) is 11.8 Å². The fraction of sp³-hybridized carbons (Fsp3) is 0.909. The van der Waals surface area contributed by atoms with Gasteiger partial charge in [-0.25, -0.2) is 4.79 Å². The Kier molecular flexibility index (Phi) is 6.10. The third-order valence-corrected chi connectivity index (χ3v) is 4.12. The predicted octanol–water partition coefficient (Wildman–Crippen LogP) is 2.54. The average molecular weight is 232 g/mol. The molecule has 0 aromatic carbocycles. The topological polar surface area (TPSA) is 46.5 Å². The fourth-order valence-corrected chi connectivity index (χ4v) is 3.20. The number of aliphatic carboxylic acids is 1. The van der Waals surface area contributed by atoms with E-state index < -0.39 is 12.1 Å². The van der Waals surface area contributed by atoms with Gasteiger partial charge in [0.2, 0.25) is 0 Å². The molecule has 1 atom stereocenters. The molecule has 0 aliphatic heterocycles. The minimum absolute atomic E-state index is 0.474. The molecule has 0 spiro atoms. The maximum Gasteiger partial charge on any atom is 0.333 e. The second-order valence-corrected chi connectivity index (χ2v) is 5.21. The Morgan fingerprint density at radius 2 is 2.13 bits per heavy atom. The standard InChI is InChI=1S/C11H20O3S/c1-2-14-10(11(12)13)8-15-9-6-4-3-5-7-9/h9-10H,2-8H2,1H3,(H,12,13). The zero-order chi connectivity index (χ0) is 11.1. The number of hydrogen-bond acceptors (Lipinski definition) is 3. The van der Waals surface area contributed by atoms with E-state index in [1.54, 1.807) is 11.8 Å². The van der Waals surface area contributed by atoms with E-state index in [0.29, 0.717) is 17.6 Å². The lowest BCUT2D eigenvalue weighted by Gasteiger charge is -2.22. The molecule has 0 saturated heterocycles. The molecule has 0 aromatic heterocycles. The second-order valence-electron chi connectivity index (χ2n) is 3.88. The van der Waals surface area contributed by atoms with E-state index in [4.69, 9.17) is 9.84 Å². The van der Waals surface area contributed by atoms with Crippen molar-refractivity contribution in [2.75, 3.05) is 12.4 Å². The van der Waals surface area contributed by atoms with E-state index in [1.807, 2.05) is 6.92 Å². The minimum Gasteiger partial charge on any atom is -0.479 e. The quantitative estimate of drug-likeness (QED) is 0.764. The van der Waals surface area contributed by atoms with Crippen LogP contribution in [0.3, 0.4) is 0 Å². The van der Waals surface area contributed by atoms with Gasteiger partial charge in [0.15, 0.2) is 6.10 Å². The van der Waals surface area contributed by atoms with Crippen LogP contribution >= 0.6 is 11.8 Å². The largest absolute Gasteiger partial charge is 0.479 e. The first kappa shape index (κ1) is 12.8. The predicted molar refractivity (Wildman–Crippen MR) is 62.4 cm³/mol. The summed E-state index contributed by atoms with van der Waals surface area (Å²) in [6, 6.07) is 0. The Bertz CT molecular complexity index is 190. The van der Waals surface area contributed by atoms with Gasteiger partial charge >= 0.3 is 5.97 Å². The molecule has 0 amide bonds. The van der Waals surface area contributed by atoms with E-state index in [-0.39, 0.29) is 0 Å². The van der Waals surface area contributed by atoms with E-state index in [1.165, 1.54) is 32.1 Å². The second kappa shape index (κ2) is 7.12. The fourth-order valence-electron chi connectivity index (χ4n) is 1.85. The van der Waals surface area contributed by atoms with E-state index in [9.17, 15) is 4.79 Å². The molecule has 4 heteroatoms. The van der Waals surface area contributed by atoms with Crippen LogP contribution in [0.1, 0.15) is 39.0 Å². The summed E-state index contributed by atoms with van der Waals surface area (Å²) in [4.78, 5) is 10.8. The van der Waals surface area contributed by atoms with Crippen LogP contribution in [0.4, 0.5) is 0 Å². The summed E-state index contributed by atoms with van der Waals surface area (Å²) in [6.07, 6.45) is 5.78. The van der Waals surface area contributed by atoms with Gasteiger partial charge in [0.25, 0.3) is 0 Å². The monoisotopic (exact) mass is 232 g/mol. The van der Waals surface area contributed by atoms with Gasteiger partial charge in [0.05, 0.1) is 0 Å². The van der Waals surface area contributed by atoms with E-state index in [0.717, 1.165) is 0 Å². The number of thioether (sulfide) groups is 1. The lowest BCUT2D eigenvalue weighted by molar-refractivity contribution is -0.148. The van der Waals surface area contributed by atoms with Crippen LogP contribution in [-0.2, 0) is 9.53 Å². The van der Waals surface area contributed by atoms with Crippen molar-refractivity contribution in [3.8, 4) is 0 Å². The van der Waals surface area contributed by atoms with Crippen molar-refractivity contribution in [1.29, 1.82) is 0 Å². The minimum atomic E-state index is -0.833. The highest BCUT2D eigenvalue weighted by Crippen LogP contribution is 2.28. The van der Waals surface area contributed by atoms with Crippen molar-refractivity contribution in [3.63, 3.8) is 0 Å². The van der Waals surface area contributed by atoms with Crippen LogP contribution in [0.15, 0.2) is 0 Å². The summed E-state index contributed by atoms with van der Waals surface area (Å²) >= 11 is 1.77. The van der Waals surface area contributed by atoms with E-state index >= 15 is 0 Å². The molecule has 0 heterocycles. The third kappa shape index (κ3) is 4.89. The molecule has 1 rings (SSSR count). The molecule has 1 fully saturated rings. The van der Waals surface area contributed by atoms with Crippen molar-refractivity contribution >= 4 is 17.7 Å². The van der Waals surface area contributed by atoms with Crippen LogP contribution in [0.25, 0.3) is 0 Å². The summed E-state index contributed by atoms with van der Waals surface area (Å²) in [5, 5.41) is 9.55. The molecule has 1 aliphatic rings. The van der Waals surface area contributed by atoms with Crippen LogP contribution in [0, 0.1) is 0 Å². The molecule has 1 aliphatic carbocycles. The maximum atomic E-state index is 10.8. The number of carbonyl (C=O) groups is 1. The first-order valence-corrected chi connectivity index (χ1v) is 6.75. The molecule has 0 aromatic rings. The molecule has 3 nitrogen and oxygen atoms in total. The number of carboxylic acids is 1. The molecule has 1 unspecified atom stereocenters. The molecule has 1 saturated carbocycles. The molecule has 88 valence electrons. The molecular formula is C11H20O3S.